The number of hydrogen-bond donors (Lipinski definition) is 0. The first-order valence-corrected chi connectivity index (χ1v) is 9.60. The van der Waals surface area contributed by atoms with Crippen LogP contribution in [0.5, 0.6) is 0 Å². The van der Waals surface area contributed by atoms with Gasteiger partial charge in [-0.15, -0.1) is 0 Å². The Morgan fingerprint density at radius 2 is 1.59 bits per heavy atom. The van der Waals surface area contributed by atoms with Crippen LogP contribution in [0, 0.1) is 0 Å². The molecule has 0 unspecified atom stereocenters. The quantitative estimate of drug-likeness (QED) is 0.799. The summed E-state index contributed by atoms with van der Waals surface area (Å²) in [5.41, 5.74) is 1.57. The third-order valence-corrected chi connectivity index (χ3v) is 4.89. The molecule has 2 saturated heterocycles. The van der Waals surface area contributed by atoms with Crippen LogP contribution in [-0.4, -0.2) is 73.8 Å². The third-order valence-electron chi connectivity index (χ3n) is 4.89. The van der Waals surface area contributed by atoms with Crippen LogP contribution in [0.4, 0.5) is 21.0 Å². The standard InChI is InChI=1S/C20H30N4O3/c1-20(2,3)27-19(26)23-11-5-10-22(13-14-23)16-6-8-17(9-7-16)24-15-12-21(4)18(24)25/h6-9H,5,10-15H2,1-4H3. The number of anilines is 2. The summed E-state index contributed by atoms with van der Waals surface area (Å²) in [6.45, 7) is 10.2. The summed E-state index contributed by atoms with van der Waals surface area (Å²) in [4.78, 5) is 32.0. The van der Waals surface area contributed by atoms with Gasteiger partial charge in [0.25, 0.3) is 0 Å². The zero-order valence-electron chi connectivity index (χ0n) is 16.8. The van der Waals surface area contributed by atoms with Crippen molar-refractivity contribution < 1.29 is 14.3 Å². The van der Waals surface area contributed by atoms with Crippen LogP contribution in [-0.2, 0) is 4.74 Å². The molecule has 1 aromatic rings. The highest BCUT2D eigenvalue weighted by atomic mass is 16.6. The van der Waals surface area contributed by atoms with Gasteiger partial charge in [-0.3, -0.25) is 4.90 Å². The predicted molar refractivity (Wildman–Crippen MR) is 106 cm³/mol. The molecule has 148 valence electrons. The van der Waals surface area contributed by atoms with Gasteiger partial charge in [-0.05, 0) is 51.5 Å². The summed E-state index contributed by atoms with van der Waals surface area (Å²) in [6, 6.07) is 8.17. The van der Waals surface area contributed by atoms with Crippen molar-refractivity contribution in [2.45, 2.75) is 32.8 Å². The van der Waals surface area contributed by atoms with E-state index in [1.807, 2.05) is 40.0 Å². The van der Waals surface area contributed by atoms with E-state index < -0.39 is 5.60 Å². The molecule has 0 atom stereocenters. The Hall–Kier alpha value is -2.44. The Labute approximate surface area is 161 Å². The highest BCUT2D eigenvalue weighted by Gasteiger charge is 2.27. The van der Waals surface area contributed by atoms with Crippen molar-refractivity contribution in [1.29, 1.82) is 0 Å². The number of urea groups is 1. The molecule has 7 nitrogen and oxygen atoms in total. The Morgan fingerprint density at radius 1 is 0.926 bits per heavy atom. The van der Waals surface area contributed by atoms with Gasteiger partial charge in [0, 0.05) is 57.7 Å². The maximum absolute atomic E-state index is 12.3. The van der Waals surface area contributed by atoms with E-state index in [0.29, 0.717) is 13.1 Å². The van der Waals surface area contributed by atoms with Crippen molar-refractivity contribution in [3.8, 4) is 0 Å². The molecule has 1 aromatic carbocycles. The summed E-state index contributed by atoms with van der Waals surface area (Å²) in [5.74, 6) is 0. The number of carbonyl (C=O) groups is 2. The molecule has 2 heterocycles. The maximum atomic E-state index is 12.3. The second-order valence-electron chi connectivity index (χ2n) is 8.18. The number of carbonyl (C=O) groups excluding carboxylic acids is 2. The molecule has 0 aromatic heterocycles. The number of hydrogen-bond acceptors (Lipinski definition) is 4. The van der Waals surface area contributed by atoms with Crippen LogP contribution in [0.25, 0.3) is 0 Å². The van der Waals surface area contributed by atoms with Gasteiger partial charge in [0.05, 0.1) is 0 Å². The third kappa shape index (κ3) is 4.64. The van der Waals surface area contributed by atoms with Crippen LogP contribution in [0.15, 0.2) is 24.3 Å². The van der Waals surface area contributed by atoms with Crippen LogP contribution in [0.3, 0.4) is 0 Å². The maximum Gasteiger partial charge on any atom is 0.410 e. The summed E-state index contributed by atoms with van der Waals surface area (Å²) < 4.78 is 5.49. The molecular formula is C20H30N4O3. The average Bonchev–Trinajstić information content (AvgIpc) is 2.82. The highest BCUT2D eigenvalue weighted by molar-refractivity contribution is 5.94. The lowest BCUT2D eigenvalue weighted by Crippen LogP contribution is -2.39. The van der Waals surface area contributed by atoms with Gasteiger partial charge in [0.1, 0.15) is 5.60 Å². The Kier molecular flexibility index (Phi) is 5.48. The van der Waals surface area contributed by atoms with Gasteiger partial charge >= 0.3 is 12.1 Å². The molecule has 3 amide bonds. The van der Waals surface area contributed by atoms with Crippen molar-refractivity contribution in [1.82, 2.24) is 9.80 Å². The number of likely N-dealkylation sites (N-methyl/N-ethyl adjacent to an activating group) is 1. The molecule has 0 aliphatic carbocycles. The Balaban J connectivity index is 1.61. The molecule has 0 radical (unpaired) electrons. The number of nitrogens with zero attached hydrogens (tertiary/aromatic N) is 4. The number of rotatable bonds is 2. The molecule has 3 rings (SSSR count). The van der Waals surface area contributed by atoms with Crippen molar-refractivity contribution >= 4 is 23.5 Å². The van der Waals surface area contributed by atoms with E-state index in [1.165, 1.54) is 0 Å². The predicted octanol–water partition coefficient (Wildman–Crippen LogP) is 3.01. The monoisotopic (exact) mass is 374 g/mol. The van der Waals surface area contributed by atoms with E-state index in [0.717, 1.165) is 44.0 Å². The fourth-order valence-corrected chi connectivity index (χ4v) is 3.42. The lowest BCUT2D eigenvalue weighted by atomic mass is 10.2. The first kappa shape index (κ1) is 19.3. The van der Waals surface area contributed by atoms with Gasteiger partial charge in [-0.1, -0.05) is 0 Å². The van der Waals surface area contributed by atoms with Gasteiger partial charge < -0.3 is 19.4 Å². The minimum Gasteiger partial charge on any atom is -0.444 e. The highest BCUT2D eigenvalue weighted by Crippen LogP contribution is 2.24. The second-order valence-corrected chi connectivity index (χ2v) is 8.18. The Morgan fingerprint density at radius 3 is 2.19 bits per heavy atom. The first-order chi connectivity index (χ1) is 12.7. The Bertz CT molecular complexity index is 683. The van der Waals surface area contributed by atoms with Gasteiger partial charge in [-0.2, -0.15) is 0 Å². The summed E-state index contributed by atoms with van der Waals surface area (Å²) in [6.07, 6.45) is 0.660. The average molecular weight is 374 g/mol. The van der Waals surface area contributed by atoms with E-state index in [4.69, 9.17) is 4.74 Å². The van der Waals surface area contributed by atoms with Crippen molar-refractivity contribution in [2.75, 3.05) is 56.1 Å². The van der Waals surface area contributed by atoms with E-state index in [-0.39, 0.29) is 12.1 Å². The van der Waals surface area contributed by atoms with E-state index >= 15 is 0 Å². The first-order valence-electron chi connectivity index (χ1n) is 9.60. The van der Waals surface area contributed by atoms with E-state index in [9.17, 15) is 9.59 Å². The zero-order chi connectivity index (χ0) is 19.6. The lowest BCUT2D eigenvalue weighted by molar-refractivity contribution is 0.0263. The zero-order valence-corrected chi connectivity index (χ0v) is 16.8. The van der Waals surface area contributed by atoms with Crippen LogP contribution >= 0.6 is 0 Å². The summed E-state index contributed by atoms with van der Waals surface area (Å²) >= 11 is 0. The normalized spacial score (nSPS) is 18.7. The summed E-state index contributed by atoms with van der Waals surface area (Å²) in [7, 11) is 1.82. The van der Waals surface area contributed by atoms with E-state index in [1.54, 1.807) is 14.7 Å². The smallest absolute Gasteiger partial charge is 0.410 e. The lowest BCUT2D eigenvalue weighted by Gasteiger charge is -2.27. The molecule has 2 aliphatic heterocycles. The fourth-order valence-electron chi connectivity index (χ4n) is 3.42. The molecule has 0 saturated carbocycles. The van der Waals surface area contributed by atoms with Gasteiger partial charge in [-0.25, -0.2) is 9.59 Å². The minimum absolute atomic E-state index is 0.0468. The van der Waals surface area contributed by atoms with E-state index in [2.05, 4.69) is 17.0 Å². The van der Waals surface area contributed by atoms with Crippen molar-refractivity contribution in [3.05, 3.63) is 24.3 Å². The van der Waals surface area contributed by atoms with Crippen molar-refractivity contribution in [3.63, 3.8) is 0 Å². The largest absolute Gasteiger partial charge is 0.444 e. The number of ether oxygens (including phenoxy) is 1. The molecule has 2 aliphatic rings. The van der Waals surface area contributed by atoms with Crippen LogP contribution < -0.4 is 9.80 Å². The number of benzene rings is 1. The van der Waals surface area contributed by atoms with Crippen molar-refractivity contribution in [2.24, 2.45) is 0 Å². The molecule has 0 bridgehead atoms. The molecular weight excluding hydrogens is 344 g/mol. The topological polar surface area (TPSA) is 56.3 Å². The molecule has 0 spiro atoms. The molecule has 7 heteroatoms. The second kappa shape index (κ2) is 7.66. The fraction of sp³-hybridized carbons (Fsp3) is 0.600. The molecule has 2 fully saturated rings. The van der Waals surface area contributed by atoms with Crippen LogP contribution in [0.2, 0.25) is 0 Å². The SMILES string of the molecule is CN1CCN(c2ccc(N3CCCN(C(=O)OC(C)(C)C)CC3)cc2)C1=O. The minimum atomic E-state index is -0.472. The van der Waals surface area contributed by atoms with Gasteiger partial charge in [0.15, 0.2) is 0 Å². The summed E-state index contributed by atoms with van der Waals surface area (Å²) in [5, 5.41) is 0. The molecule has 0 N–H and O–H groups in total. The number of amides is 3. The molecule has 27 heavy (non-hydrogen) atoms. The van der Waals surface area contributed by atoms with Gasteiger partial charge in [0.2, 0.25) is 0 Å². The van der Waals surface area contributed by atoms with Crippen LogP contribution in [0.1, 0.15) is 27.2 Å².